The molecular weight excluding hydrogens is 168 g/mol. The predicted octanol–water partition coefficient (Wildman–Crippen LogP) is -0.323. The van der Waals surface area contributed by atoms with Gasteiger partial charge in [0, 0.05) is 13.2 Å². The topological polar surface area (TPSA) is 72.9 Å². The van der Waals surface area contributed by atoms with E-state index in [9.17, 15) is 4.79 Å². The summed E-state index contributed by atoms with van der Waals surface area (Å²) in [4.78, 5) is 10.9. The standard InChI is InChI=1S/C5H7ClN4O/c1-10-2-3(4(6)9-10)5(11)8-7/h2H,7H2,1H3,(H,8,11). The SMILES string of the molecule is Cn1cc(C(=O)NN)c(Cl)n1. The molecule has 3 N–H and O–H groups in total. The summed E-state index contributed by atoms with van der Waals surface area (Å²) in [5.74, 6) is 4.45. The van der Waals surface area contributed by atoms with Crippen LogP contribution in [0, 0.1) is 0 Å². The quantitative estimate of drug-likeness (QED) is 0.348. The Morgan fingerprint density at radius 1 is 1.91 bits per heavy atom. The van der Waals surface area contributed by atoms with E-state index in [2.05, 4.69) is 5.10 Å². The zero-order chi connectivity index (χ0) is 8.43. The molecule has 0 spiro atoms. The number of hydrazine groups is 1. The lowest BCUT2D eigenvalue weighted by molar-refractivity contribution is 0.0953. The minimum atomic E-state index is -0.442. The molecule has 0 saturated heterocycles. The van der Waals surface area contributed by atoms with Gasteiger partial charge < -0.3 is 0 Å². The highest BCUT2D eigenvalue weighted by Gasteiger charge is 2.11. The van der Waals surface area contributed by atoms with Gasteiger partial charge in [-0.1, -0.05) is 11.6 Å². The van der Waals surface area contributed by atoms with Crippen LogP contribution in [0.25, 0.3) is 0 Å². The van der Waals surface area contributed by atoms with Gasteiger partial charge in [-0.3, -0.25) is 14.9 Å². The Bertz CT molecular complexity index is 282. The summed E-state index contributed by atoms with van der Waals surface area (Å²) in [6.07, 6.45) is 1.49. The van der Waals surface area contributed by atoms with E-state index in [1.54, 1.807) is 7.05 Å². The number of hydrogen-bond acceptors (Lipinski definition) is 3. The molecule has 0 unspecified atom stereocenters. The second kappa shape index (κ2) is 2.89. The van der Waals surface area contributed by atoms with Gasteiger partial charge >= 0.3 is 0 Å². The largest absolute Gasteiger partial charge is 0.290 e. The summed E-state index contributed by atoms with van der Waals surface area (Å²) >= 11 is 5.57. The van der Waals surface area contributed by atoms with Crippen LogP contribution in [-0.2, 0) is 7.05 Å². The summed E-state index contributed by atoms with van der Waals surface area (Å²) in [5, 5.41) is 3.89. The molecule has 0 aliphatic heterocycles. The van der Waals surface area contributed by atoms with Crippen LogP contribution in [0.5, 0.6) is 0 Å². The number of aromatic nitrogens is 2. The highest BCUT2D eigenvalue weighted by atomic mass is 35.5. The van der Waals surface area contributed by atoms with Crippen molar-refractivity contribution in [2.75, 3.05) is 0 Å². The maximum atomic E-state index is 10.9. The maximum absolute atomic E-state index is 10.9. The van der Waals surface area contributed by atoms with Crippen LogP contribution in [0.2, 0.25) is 5.15 Å². The number of carbonyl (C=O) groups is 1. The summed E-state index contributed by atoms with van der Waals surface area (Å²) < 4.78 is 1.44. The van der Waals surface area contributed by atoms with Gasteiger partial charge in [0.1, 0.15) is 0 Å². The summed E-state index contributed by atoms with van der Waals surface area (Å²) in [7, 11) is 1.67. The minimum absolute atomic E-state index is 0.149. The molecule has 5 nitrogen and oxygen atoms in total. The van der Waals surface area contributed by atoms with Crippen molar-refractivity contribution in [3.63, 3.8) is 0 Å². The molecule has 6 heteroatoms. The zero-order valence-electron chi connectivity index (χ0n) is 5.84. The summed E-state index contributed by atoms with van der Waals surface area (Å²) in [6, 6.07) is 0. The lowest BCUT2D eigenvalue weighted by Crippen LogP contribution is -2.29. The predicted molar refractivity (Wildman–Crippen MR) is 39.9 cm³/mol. The zero-order valence-corrected chi connectivity index (χ0v) is 6.59. The van der Waals surface area contributed by atoms with Gasteiger partial charge in [0.15, 0.2) is 5.15 Å². The van der Waals surface area contributed by atoms with Gasteiger partial charge in [-0.05, 0) is 0 Å². The van der Waals surface area contributed by atoms with Gasteiger partial charge in [0.25, 0.3) is 5.91 Å². The number of nitrogens with one attached hydrogen (secondary N) is 1. The van der Waals surface area contributed by atoms with Crippen molar-refractivity contribution in [1.82, 2.24) is 15.2 Å². The van der Waals surface area contributed by atoms with Crippen LogP contribution < -0.4 is 11.3 Å². The fraction of sp³-hybridized carbons (Fsp3) is 0.200. The Kier molecular flexibility index (Phi) is 2.11. The molecule has 0 aliphatic carbocycles. The minimum Gasteiger partial charge on any atom is -0.290 e. The molecule has 1 heterocycles. The molecular formula is C5H7ClN4O. The van der Waals surface area contributed by atoms with Crippen LogP contribution in [-0.4, -0.2) is 15.7 Å². The Morgan fingerprint density at radius 3 is 2.91 bits per heavy atom. The average molecular weight is 175 g/mol. The monoisotopic (exact) mass is 174 g/mol. The van der Waals surface area contributed by atoms with E-state index < -0.39 is 5.91 Å². The normalized spacial score (nSPS) is 9.73. The molecule has 60 valence electrons. The number of nitrogen functional groups attached to an aromatic ring is 1. The number of rotatable bonds is 1. The highest BCUT2D eigenvalue weighted by Crippen LogP contribution is 2.11. The van der Waals surface area contributed by atoms with Gasteiger partial charge in [-0.2, -0.15) is 5.10 Å². The molecule has 0 fully saturated rings. The van der Waals surface area contributed by atoms with Crippen LogP contribution >= 0.6 is 11.6 Å². The molecule has 1 aromatic heterocycles. The number of halogens is 1. The Labute approximate surface area is 68.1 Å². The van der Waals surface area contributed by atoms with Crippen molar-refractivity contribution in [2.45, 2.75) is 0 Å². The van der Waals surface area contributed by atoms with E-state index in [1.165, 1.54) is 10.9 Å². The van der Waals surface area contributed by atoms with Crippen molar-refractivity contribution in [2.24, 2.45) is 12.9 Å². The van der Waals surface area contributed by atoms with Crippen LogP contribution in [0.1, 0.15) is 10.4 Å². The molecule has 11 heavy (non-hydrogen) atoms. The number of carbonyl (C=O) groups excluding carboxylic acids is 1. The molecule has 0 atom stereocenters. The number of aryl methyl sites for hydroxylation is 1. The van der Waals surface area contributed by atoms with E-state index in [0.29, 0.717) is 0 Å². The molecule has 0 aliphatic rings. The van der Waals surface area contributed by atoms with Crippen LogP contribution in [0.4, 0.5) is 0 Å². The van der Waals surface area contributed by atoms with E-state index >= 15 is 0 Å². The van der Waals surface area contributed by atoms with Gasteiger partial charge in [0.05, 0.1) is 5.56 Å². The van der Waals surface area contributed by atoms with E-state index in [4.69, 9.17) is 17.4 Å². The molecule has 0 saturated carbocycles. The molecule has 1 amide bonds. The Balaban J connectivity index is 3.03. The number of nitrogens with zero attached hydrogens (tertiary/aromatic N) is 2. The van der Waals surface area contributed by atoms with Crippen molar-refractivity contribution < 1.29 is 4.79 Å². The number of nitrogens with two attached hydrogens (primary N) is 1. The van der Waals surface area contributed by atoms with Crippen molar-refractivity contribution >= 4 is 17.5 Å². The highest BCUT2D eigenvalue weighted by molar-refractivity contribution is 6.32. The molecule has 0 bridgehead atoms. The Hall–Kier alpha value is -1.07. The summed E-state index contributed by atoms with van der Waals surface area (Å²) in [5.41, 5.74) is 2.23. The first-order valence-electron chi connectivity index (χ1n) is 2.85. The van der Waals surface area contributed by atoms with Gasteiger partial charge in [0.2, 0.25) is 0 Å². The first-order valence-corrected chi connectivity index (χ1v) is 3.23. The van der Waals surface area contributed by atoms with Crippen LogP contribution in [0.15, 0.2) is 6.20 Å². The molecule has 0 aromatic carbocycles. The lowest BCUT2D eigenvalue weighted by Gasteiger charge is -1.92. The third-order valence-corrected chi connectivity index (χ3v) is 1.44. The Morgan fingerprint density at radius 2 is 2.55 bits per heavy atom. The second-order valence-corrected chi connectivity index (χ2v) is 2.34. The third kappa shape index (κ3) is 1.50. The summed E-state index contributed by atoms with van der Waals surface area (Å²) in [6.45, 7) is 0. The molecule has 1 rings (SSSR count). The smallest absolute Gasteiger partial charge is 0.269 e. The lowest BCUT2D eigenvalue weighted by atomic mass is 10.3. The van der Waals surface area contributed by atoms with Gasteiger partial charge in [-0.25, -0.2) is 5.84 Å². The average Bonchev–Trinajstić information content (AvgIpc) is 2.28. The fourth-order valence-electron chi connectivity index (χ4n) is 0.691. The third-order valence-electron chi connectivity index (χ3n) is 1.16. The van der Waals surface area contributed by atoms with E-state index in [1.807, 2.05) is 5.43 Å². The number of amides is 1. The van der Waals surface area contributed by atoms with Gasteiger partial charge in [-0.15, -0.1) is 0 Å². The van der Waals surface area contributed by atoms with E-state index in [-0.39, 0.29) is 10.7 Å². The number of hydrogen-bond donors (Lipinski definition) is 2. The van der Waals surface area contributed by atoms with Crippen LogP contribution in [0.3, 0.4) is 0 Å². The molecule has 1 aromatic rings. The van der Waals surface area contributed by atoms with Crippen molar-refractivity contribution in [3.8, 4) is 0 Å². The first-order chi connectivity index (χ1) is 5.15. The fourth-order valence-corrected chi connectivity index (χ4v) is 0.945. The first kappa shape index (κ1) is 8.03. The van der Waals surface area contributed by atoms with Crippen molar-refractivity contribution in [1.29, 1.82) is 0 Å². The van der Waals surface area contributed by atoms with E-state index in [0.717, 1.165) is 0 Å². The molecule has 0 radical (unpaired) electrons. The second-order valence-electron chi connectivity index (χ2n) is 1.98. The maximum Gasteiger partial charge on any atom is 0.269 e. The van der Waals surface area contributed by atoms with Crippen molar-refractivity contribution in [3.05, 3.63) is 16.9 Å².